The first-order valence-corrected chi connectivity index (χ1v) is 7.90. The molecule has 128 valence electrons. The summed E-state index contributed by atoms with van der Waals surface area (Å²) >= 11 is 0. The van der Waals surface area contributed by atoms with E-state index in [0.717, 1.165) is 17.7 Å². The fraction of sp³-hybridized carbons (Fsp3) is 0.263. The Morgan fingerprint density at radius 3 is 2.96 bits per heavy atom. The summed E-state index contributed by atoms with van der Waals surface area (Å²) in [5.41, 5.74) is 1.54. The largest absolute Gasteiger partial charge is 0.493 e. The number of fused-ring (bicyclic) bond motifs is 1. The Kier molecular flexibility index (Phi) is 5.05. The number of hydrogen-bond donors (Lipinski definition) is 1. The van der Waals surface area contributed by atoms with Crippen molar-refractivity contribution in [3.8, 4) is 23.3 Å². The molecule has 1 heterocycles. The maximum Gasteiger partial charge on any atom is 0.258 e. The van der Waals surface area contributed by atoms with Crippen LogP contribution in [-0.4, -0.2) is 32.3 Å². The van der Waals surface area contributed by atoms with Gasteiger partial charge in [-0.05, 0) is 30.2 Å². The number of methoxy groups -OCH3 is 1. The second-order valence-electron chi connectivity index (χ2n) is 5.65. The predicted octanol–water partition coefficient (Wildman–Crippen LogP) is 2.07. The Bertz CT molecular complexity index is 813. The van der Waals surface area contributed by atoms with Crippen molar-refractivity contribution in [1.29, 1.82) is 5.26 Å². The highest BCUT2D eigenvalue weighted by molar-refractivity contribution is 5.78. The number of carbonyl (C=O) groups is 1. The van der Waals surface area contributed by atoms with Gasteiger partial charge in [0.25, 0.3) is 5.91 Å². The number of ether oxygens (including phenoxy) is 3. The molecule has 0 fully saturated rings. The molecule has 2 aromatic rings. The molecule has 0 bridgehead atoms. The molecule has 0 saturated carbocycles. The number of nitriles is 1. The number of nitrogens with zero attached hydrogens (tertiary/aromatic N) is 1. The molecule has 1 N–H and O–H groups in total. The zero-order valence-electron chi connectivity index (χ0n) is 13.8. The second-order valence-corrected chi connectivity index (χ2v) is 5.65. The van der Waals surface area contributed by atoms with Gasteiger partial charge < -0.3 is 19.5 Å². The van der Waals surface area contributed by atoms with Crippen LogP contribution in [-0.2, 0) is 11.2 Å². The summed E-state index contributed by atoms with van der Waals surface area (Å²) in [6.07, 6.45) is 0.724. The normalized spacial score (nSPS) is 15.3. The molecule has 1 aliphatic rings. The Hall–Kier alpha value is -3.20. The highest BCUT2D eigenvalue weighted by Gasteiger charge is 2.21. The fourth-order valence-corrected chi connectivity index (χ4v) is 2.69. The molecule has 0 aromatic heterocycles. The van der Waals surface area contributed by atoms with Gasteiger partial charge in [-0.15, -0.1) is 0 Å². The van der Waals surface area contributed by atoms with Crippen LogP contribution in [0.1, 0.15) is 11.1 Å². The highest BCUT2D eigenvalue weighted by Crippen LogP contribution is 2.28. The van der Waals surface area contributed by atoms with E-state index in [-0.39, 0.29) is 18.6 Å². The number of benzene rings is 2. The van der Waals surface area contributed by atoms with E-state index >= 15 is 0 Å². The molecule has 1 atom stereocenters. The minimum atomic E-state index is -0.237. The Morgan fingerprint density at radius 1 is 1.32 bits per heavy atom. The SMILES string of the molecule is COc1cc(C#N)ccc1OCC(=O)N[C@@H]1COc2ccccc2C1. The molecule has 0 unspecified atom stereocenters. The van der Waals surface area contributed by atoms with E-state index in [9.17, 15) is 4.79 Å². The van der Waals surface area contributed by atoms with Gasteiger partial charge in [0.15, 0.2) is 18.1 Å². The molecule has 3 rings (SSSR count). The van der Waals surface area contributed by atoms with Gasteiger partial charge in [0.2, 0.25) is 0 Å². The van der Waals surface area contributed by atoms with Gasteiger partial charge in [0.05, 0.1) is 24.8 Å². The average molecular weight is 338 g/mol. The zero-order valence-corrected chi connectivity index (χ0v) is 13.8. The lowest BCUT2D eigenvalue weighted by molar-refractivity contribution is -0.124. The van der Waals surface area contributed by atoms with E-state index in [1.165, 1.54) is 7.11 Å². The lowest BCUT2D eigenvalue weighted by atomic mass is 10.0. The van der Waals surface area contributed by atoms with Crippen LogP contribution in [0.4, 0.5) is 0 Å². The number of amides is 1. The van der Waals surface area contributed by atoms with Crippen LogP contribution in [0.15, 0.2) is 42.5 Å². The third-order valence-electron chi connectivity index (χ3n) is 3.90. The molecule has 0 spiro atoms. The molecule has 0 radical (unpaired) electrons. The summed E-state index contributed by atoms with van der Waals surface area (Å²) < 4.78 is 16.3. The Balaban J connectivity index is 1.55. The first-order chi connectivity index (χ1) is 12.2. The zero-order chi connectivity index (χ0) is 17.6. The van der Waals surface area contributed by atoms with Crippen molar-refractivity contribution >= 4 is 5.91 Å². The smallest absolute Gasteiger partial charge is 0.258 e. The van der Waals surface area contributed by atoms with E-state index in [1.807, 2.05) is 30.3 Å². The quantitative estimate of drug-likeness (QED) is 0.903. The van der Waals surface area contributed by atoms with Crippen LogP contribution in [0.5, 0.6) is 17.2 Å². The minimum Gasteiger partial charge on any atom is -0.493 e. The van der Waals surface area contributed by atoms with Gasteiger partial charge in [-0.2, -0.15) is 5.26 Å². The van der Waals surface area contributed by atoms with E-state index in [2.05, 4.69) is 5.32 Å². The van der Waals surface area contributed by atoms with Gasteiger partial charge >= 0.3 is 0 Å². The van der Waals surface area contributed by atoms with Gasteiger partial charge in [-0.3, -0.25) is 4.79 Å². The lowest BCUT2D eigenvalue weighted by Gasteiger charge is -2.26. The van der Waals surface area contributed by atoms with Gasteiger partial charge in [-0.25, -0.2) is 0 Å². The molecule has 0 saturated heterocycles. The second kappa shape index (κ2) is 7.58. The Morgan fingerprint density at radius 2 is 2.16 bits per heavy atom. The predicted molar refractivity (Wildman–Crippen MR) is 90.8 cm³/mol. The van der Waals surface area contributed by atoms with E-state index in [4.69, 9.17) is 19.5 Å². The van der Waals surface area contributed by atoms with Crippen molar-refractivity contribution < 1.29 is 19.0 Å². The van der Waals surface area contributed by atoms with E-state index in [0.29, 0.717) is 23.7 Å². The molecule has 6 heteroatoms. The van der Waals surface area contributed by atoms with Crippen molar-refractivity contribution in [2.75, 3.05) is 20.3 Å². The average Bonchev–Trinajstić information content (AvgIpc) is 2.66. The number of nitrogens with one attached hydrogen (secondary N) is 1. The van der Waals surface area contributed by atoms with Crippen LogP contribution < -0.4 is 19.5 Å². The Labute approximate surface area is 145 Å². The molecule has 6 nitrogen and oxygen atoms in total. The summed E-state index contributed by atoms with van der Waals surface area (Å²) in [5.74, 6) is 1.47. The summed E-state index contributed by atoms with van der Waals surface area (Å²) in [6.45, 7) is 0.295. The maximum absolute atomic E-state index is 12.1. The standard InChI is InChI=1S/C19H18N2O4/c1-23-18-8-13(10-20)6-7-17(18)25-12-19(22)21-15-9-14-4-2-3-5-16(14)24-11-15/h2-8,15H,9,11-12H2,1H3,(H,21,22)/t15-/m0/s1. The first-order valence-electron chi connectivity index (χ1n) is 7.90. The molecule has 25 heavy (non-hydrogen) atoms. The lowest BCUT2D eigenvalue weighted by Crippen LogP contribution is -2.44. The molecule has 1 aliphatic heterocycles. The number of carbonyl (C=O) groups excluding carboxylic acids is 1. The van der Waals surface area contributed by atoms with E-state index in [1.54, 1.807) is 18.2 Å². The van der Waals surface area contributed by atoms with Crippen LogP contribution in [0.3, 0.4) is 0 Å². The third-order valence-corrected chi connectivity index (χ3v) is 3.90. The summed E-state index contributed by atoms with van der Waals surface area (Å²) in [7, 11) is 1.49. The third kappa shape index (κ3) is 4.01. The fourth-order valence-electron chi connectivity index (χ4n) is 2.69. The van der Waals surface area contributed by atoms with Crippen LogP contribution in [0.2, 0.25) is 0 Å². The highest BCUT2D eigenvalue weighted by atomic mass is 16.5. The van der Waals surface area contributed by atoms with Crippen molar-refractivity contribution in [2.24, 2.45) is 0 Å². The molecular formula is C19H18N2O4. The van der Waals surface area contributed by atoms with Crippen LogP contribution >= 0.6 is 0 Å². The van der Waals surface area contributed by atoms with Crippen molar-refractivity contribution in [1.82, 2.24) is 5.32 Å². The van der Waals surface area contributed by atoms with Crippen LogP contribution in [0.25, 0.3) is 0 Å². The van der Waals surface area contributed by atoms with Crippen LogP contribution in [0, 0.1) is 11.3 Å². The number of para-hydroxylation sites is 1. The summed E-state index contributed by atoms with van der Waals surface area (Å²) in [6, 6.07) is 14.5. The minimum absolute atomic E-state index is 0.0890. The topological polar surface area (TPSA) is 80.6 Å². The maximum atomic E-state index is 12.1. The first kappa shape index (κ1) is 16.7. The summed E-state index contributed by atoms with van der Waals surface area (Å²) in [5, 5.41) is 11.8. The monoisotopic (exact) mass is 338 g/mol. The van der Waals surface area contributed by atoms with Gasteiger partial charge in [0.1, 0.15) is 12.4 Å². The number of hydrogen-bond acceptors (Lipinski definition) is 5. The molecule has 0 aliphatic carbocycles. The number of rotatable bonds is 5. The molecule has 2 aromatic carbocycles. The molecular weight excluding hydrogens is 320 g/mol. The molecule has 1 amide bonds. The van der Waals surface area contributed by atoms with E-state index < -0.39 is 0 Å². The van der Waals surface area contributed by atoms with Crippen molar-refractivity contribution in [3.05, 3.63) is 53.6 Å². The van der Waals surface area contributed by atoms with Gasteiger partial charge in [-0.1, -0.05) is 18.2 Å². The van der Waals surface area contributed by atoms with Crippen molar-refractivity contribution in [3.63, 3.8) is 0 Å². The summed E-state index contributed by atoms with van der Waals surface area (Å²) in [4.78, 5) is 12.1. The van der Waals surface area contributed by atoms with Gasteiger partial charge in [0, 0.05) is 6.07 Å². The van der Waals surface area contributed by atoms with Crippen molar-refractivity contribution in [2.45, 2.75) is 12.5 Å².